The molecule has 5 heteroatoms. The van der Waals surface area contributed by atoms with E-state index in [2.05, 4.69) is 0 Å². The first-order chi connectivity index (χ1) is 13.6. The molecule has 0 bridgehead atoms. The Morgan fingerprint density at radius 1 is 0.857 bits per heavy atom. The Labute approximate surface area is 164 Å². The first-order valence-corrected chi connectivity index (χ1v) is 8.91. The van der Waals surface area contributed by atoms with Gasteiger partial charge in [0.05, 0.1) is 4.92 Å². The minimum Gasteiger partial charge on any atom is -0.489 e. The molecule has 0 unspecified atom stereocenters. The Hall–Kier alpha value is -3.60. The zero-order valence-corrected chi connectivity index (χ0v) is 15.6. The predicted octanol–water partition coefficient (Wildman–Crippen LogP) is 5.48. The lowest BCUT2D eigenvalue weighted by atomic mass is 10.1. The molecule has 3 aromatic rings. The third-order valence-corrected chi connectivity index (χ3v) is 4.06. The van der Waals surface area contributed by atoms with Crippen molar-refractivity contribution in [2.24, 2.45) is 0 Å². The third-order valence-electron chi connectivity index (χ3n) is 4.06. The van der Waals surface area contributed by atoms with Crippen LogP contribution in [0.3, 0.4) is 0 Å². The maximum atomic E-state index is 11.0. The molecule has 0 atom stereocenters. The summed E-state index contributed by atoms with van der Waals surface area (Å²) in [5, 5.41) is 11.0. The fourth-order valence-electron chi connectivity index (χ4n) is 2.62. The molecular weight excluding hydrogens is 354 g/mol. The first-order valence-electron chi connectivity index (χ1n) is 8.91. The number of hydrogen-bond acceptors (Lipinski definition) is 4. The molecule has 0 aliphatic heterocycles. The maximum absolute atomic E-state index is 11.0. The molecule has 3 aromatic carbocycles. The van der Waals surface area contributed by atoms with Crippen LogP contribution in [-0.2, 0) is 13.2 Å². The monoisotopic (exact) mass is 375 g/mol. The van der Waals surface area contributed by atoms with Crippen LogP contribution < -0.4 is 9.47 Å². The Balaban J connectivity index is 1.80. The number of allylic oxidation sites excluding steroid dienone is 1. The number of nitro groups is 1. The van der Waals surface area contributed by atoms with E-state index in [-0.39, 0.29) is 5.70 Å². The normalized spacial score (nSPS) is 11.1. The molecule has 5 nitrogen and oxygen atoms in total. The van der Waals surface area contributed by atoms with E-state index in [4.69, 9.17) is 9.47 Å². The highest BCUT2D eigenvalue weighted by molar-refractivity contribution is 5.56. The average Bonchev–Trinajstić information content (AvgIpc) is 2.72. The van der Waals surface area contributed by atoms with E-state index >= 15 is 0 Å². The van der Waals surface area contributed by atoms with Gasteiger partial charge in [-0.15, -0.1) is 0 Å². The van der Waals surface area contributed by atoms with E-state index in [0.717, 1.165) is 11.1 Å². The Kier molecular flexibility index (Phi) is 6.41. The summed E-state index contributed by atoms with van der Waals surface area (Å²) in [5.74, 6) is 1.19. The maximum Gasteiger partial charge on any atom is 0.243 e. The van der Waals surface area contributed by atoms with Crippen LogP contribution in [-0.4, -0.2) is 4.92 Å². The first kappa shape index (κ1) is 19.2. The highest BCUT2D eigenvalue weighted by Gasteiger charge is 2.07. The Bertz CT molecular complexity index is 891. The van der Waals surface area contributed by atoms with Crippen LogP contribution >= 0.6 is 0 Å². The SMILES string of the molecule is C/C(=C/c1cc(OCc2ccccc2)cc(OCc2ccccc2)c1)[N+](=O)[O-]. The van der Waals surface area contributed by atoms with E-state index in [1.54, 1.807) is 18.2 Å². The van der Waals surface area contributed by atoms with Crippen LogP contribution in [0.5, 0.6) is 11.5 Å². The summed E-state index contributed by atoms with van der Waals surface area (Å²) >= 11 is 0. The van der Waals surface area contributed by atoms with Crippen molar-refractivity contribution in [1.82, 2.24) is 0 Å². The molecule has 0 radical (unpaired) electrons. The van der Waals surface area contributed by atoms with Crippen molar-refractivity contribution < 1.29 is 14.4 Å². The van der Waals surface area contributed by atoms with Gasteiger partial charge >= 0.3 is 0 Å². The van der Waals surface area contributed by atoms with Crippen LogP contribution in [0, 0.1) is 10.1 Å². The fraction of sp³-hybridized carbons (Fsp3) is 0.130. The molecule has 0 N–H and O–H groups in total. The molecule has 0 spiro atoms. The molecule has 28 heavy (non-hydrogen) atoms. The number of ether oxygens (including phenoxy) is 2. The minimum atomic E-state index is -0.415. The molecule has 0 heterocycles. The van der Waals surface area contributed by atoms with Gasteiger partial charge in [0.15, 0.2) is 0 Å². The Morgan fingerprint density at radius 2 is 1.32 bits per heavy atom. The van der Waals surface area contributed by atoms with Crippen LogP contribution in [0.1, 0.15) is 23.6 Å². The van der Waals surface area contributed by atoms with Crippen molar-refractivity contribution in [3.8, 4) is 11.5 Å². The number of nitrogens with zero attached hydrogens (tertiary/aromatic N) is 1. The summed E-state index contributed by atoms with van der Waals surface area (Å²) in [6.07, 6.45) is 1.50. The molecular formula is C23H21NO4. The van der Waals surface area contributed by atoms with Crippen molar-refractivity contribution in [2.75, 3.05) is 0 Å². The lowest BCUT2D eigenvalue weighted by molar-refractivity contribution is -0.422. The largest absolute Gasteiger partial charge is 0.489 e. The van der Waals surface area contributed by atoms with E-state index in [1.165, 1.54) is 13.0 Å². The van der Waals surface area contributed by atoms with E-state index in [9.17, 15) is 10.1 Å². The molecule has 0 fully saturated rings. The van der Waals surface area contributed by atoms with Gasteiger partial charge in [-0.1, -0.05) is 60.7 Å². The average molecular weight is 375 g/mol. The van der Waals surface area contributed by atoms with Crippen LogP contribution in [0.15, 0.2) is 84.6 Å². The van der Waals surface area contributed by atoms with Crippen molar-refractivity contribution in [2.45, 2.75) is 20.1 Å². The second-order valence-electron chi connectivity index (χ2n) is 6.33. The number of benzene rings is 3. The highest BCUT2D eigenvalue weighted by Crippen LogP contribution is 2.26. The van der Waals surface area contributed by atoms with Gasteiger partial charge in [0.1, 0.15) is 24.7 Å². The fourth-order valence-corrected chi connectivity index (χ4v) is 2.62. The Morgan fingerprint density at radius 3 is 1.75 bits per heavy atom. The topological polar surface area (TPSA) is 61.6 Å². The summed E-state index contributed by atoms with van der Waals surface area (Å²) in [7, 11) is 0. The van der Waals surface area contributed by atoms with Crippen molar-refractivity contribution in [3.63, 3.8) is 0 Å². The highest BCUT2D eigenvalue weighted by atomic mass is 16.6. The lowest BCUT2D eigenvalue weighted by Gasteiger charge is -2.11. The van der Waals surface area contributed by atoms with Crippen LogP contribution in [0.4, 0.5) is 0 Å². The minimum absolute atomic E-state index is 0.0502. The van der Waals surface area contributed by atoms with E-state index in [1.807, 2.05) is 60.7 Å². The van der Waals surface area contributed by atoms with Crippen molar-refractivity contribution in [1.29, 1.82) is 0 Å². The molecule has 142 valence electrons. The van der Waals surface area contributed by atoms with Gasteiger partial charge in [0, 0.05) is 19.1 Å². The summed E-state index contributed by atoms with van der Waals surface area (Å²) in [6, 6.07) is 25.0. The third kappa shape index (κ3) is 5.71. The summed E-state index contributed by atoms with van der Waals surface area (Å²) in [6.45, 7) is 2.27. The molecule has 0 aliphatic carbocycles. The van der Waals surface area contributed by atoms with Gasteiger partial charge in [-0.3, -0.25) is 10.1 Å². The number of hydrogen-bond donors (Lipinski definition) is 0. The van der Waals surface area contributed by atoms with E-state index < -0.39 is 4.92 Å². The standard InChI is InChI=1S/C23H21NO4/c1-18(24(25)26)12-21-13-22(27-16-19-8-4-2-5-9-19)15-23(14-21)28-17-20-10-6-3-7-11-20/h2-15H,16-17H2,1H3/b18-12-. The van der Waals surface area contributed by atoms with Crippen LogP contribution in [0.25, 0.3) is 6.08 Å². The predicted molar refractivity (Wildman–Crippen MR) is 109 cm³/mol. The van der Waals surface area contributed by atoms with Crippen LogP contribution in [0.2, 0.25) is 0 Å². The summed E-state index contributed by atoms with van der Waals surface area (Å²) < 4.78 is 11.8. The van der Waals surface area contributed by atoms with Gasteiger partial charge < -0.3 is 9.47 Å². The van der Waals surface area contributed by atoms with Crippen molar-refractivity contribution >= 4 is 6.08 Å². The van der Waals surface area contributed by atoms with Crippen molar-refractivity contribution in [3.05, 3.63) is 111 Å². The molecule has 0 saturated carbocycles. The summed E-state index contributed by atoms with van der Waals surface area (Å²) in [4.78, 5) is 10.6. The van der Waals surface area contributed by atoms with Gasteiger partial charge in [-0.25, -0.2) is 0 Å². The molecule has 0 aliphatic rings. The second kappa shape index (κ2) is 9.37. The van der Waals surface area contributed by atoms with Gasteiger partial charge in [-0.2, -0.15) is 0 Å². The smallest absolute Gasteiger partial charge is 0.243 e. The second-order valence-corrected chi connectivity index (χ2v) is 6.33. The molecule has 0 saturated heterocycles. The van der Waals surface area contributed by atoms with Gasteiger partial charge in [0.2, 0.25) is 5.70 Å². The zero-order valence-electron chi connectivity index (χ0n) is 15.6. The van der Waals surface area contributed by atoms with E-state index in [0.29, 0.717) is 30.3 Å². The molecule has 0 aromatic heterocycles. The summed E-state index contributed by atoms with van der Waals surface area (Å²) in [5.41, 5.74) is 2.78. The molecule has 0 amide bonds. The quantitative estimate of drug-likeness (QED) is 0.386. The molecule has 3 rings (SSSR count). The number of rotatable bonds is 8. The zero-order chi connectivity index (χ0) is 19.8. The van der Waals surface area contributed by atoms with Gasteiger partial charge in [-0.05, 0) is 28.8 Å². The lowest BCUT2D eigenvalue weighted by Crippen LogP contribution is -1.99. The van der Waals surface area contributed by atoms with Gasteiger partial charge in [0.25, 0.3) is 0 Å².